The van der Waals surface area contributed by atoms with E-state index in [2.05, 4.69) is 24.1 Å². The van der Waals surface area contributed by atoms with E-state index in [0.29, 0.717) is 57.4 Å². The fraction of sp³-hybridized carbons (Fsp3) is 0.387. The van der Waals surface area contributed by atoms with Gasteiger partial charge in [0.15, 0.2) is 17.9 Å². The van der Waals surface area contributed by atoms with Gasteiger partial charge in [-0.1, -0.05) is 38.6 Å². The maximum absolute atomic E-state index is 14.4. The van der Waals surface area contributed by atoms with Gasteiger partial charge in [-0.15, -0.1) is 0 Å². The molecule has 0 saturated carbocycles. The van der Waals surface area contributed by atoms with Crippen molar-refractivity contribution in [3.8, 4) is 17.2 Å². The fourth-order valence-corrected chi connectivity index (χ4v) is 13.2. The number of phenols is 2. The van der Waals surface area contributed by atoms with E-state index < -0.39 is 119 Å². The van der Waals surface area contributed by atoms with Gasteiger partial charge in [0.05, 0.1) is 83.4 Å². The van der Waals surface area contributed by atoms with E-state index in [0.717, 1.165) is 33.7 Å². The number of esters is 1. The SMILES string of the molecule is C=CC1=C(C)C2=NC1=CC1=NC(=CC3=C(C)C4=C(O)C(C(=O)OC)C(=C5NC(=C2)[C@@H](C)[C@@H]5CCC(=O)NC2C[C@@H](O[C@H]5C[C@](O)(C(=O)CO)Cc6c(O)c7c(c(O)c65)C(=O)c5c(OC)cccc5C7=O)O[C@H](C)[C@@H]2O)C4=N3)C(CC)=C1C. The van der Waals surface area contributed by atoms with Gasteiger partial charge in [0.2, 0.25) is 11.7 Å². The van der Waals surface area contributed by atoms with Crippen LogP contribution in [-0.2, 0) is 35.0 Å². The maximum Gasteiger partial charge on any atom is 0.321 e. The molecule has 11 rings (SSSR count). The van der Waals surface area contributed by atoms with Crippen molar-refractivity contribution < 1.29 is 73.6 Å². The number of hydrogen-bond donors (Lipinski definition) is 8. The Kier molecular flexibility index (Phi) is 14.1. The quantitative estimate of drug-likeness (QED) is 0.0740. The molecule has 2 aromatic rings. The lowest BCUT2D eigenvalue weighted by atomic mass is 9.72. The topological polar surface area (TPSA) is 305 Å². The van der Waals surface area contributed by atoms with Crippen LogP contribution in [0.15, 0.2) is 137 Å². The average Bonchev–Trinajstić information content (AvgIpc) is 2.90. The first-order valence-electron chi connectivity index (χ1n) is 27.3. The van der Waals surface area contributed by atoms with E-state index in [9.17, 15) is 54.6 Å². The van der Waals surface area contributed by atoms with Crippen LogP contribution in [0.5, 0.6) is 17.2 Å². The second kappa shape index (κ2) is 20.7. The summed E-state index contributed by atoms with van der Waals surface area (Å²) in [6, 6.07) is 3.27. The van der Waals surface area contributed by atoms with Gasteiger partial charge in [-0.2, -0.15) is 0 Å². The summed E-state index contributed by atoms with van der Waals surface area (Å²) >= 11 is 0. The van der Waals surface area contributed by atoms with Crippen LogP contribution in [0.25, 0.3) is 0 Å². The van der Waals surface area contributed by atoms with Crippen molar-refractivity contribution in [2.75, 3.05) is 20.8 Å². The normalized spacial score (nSPS) is 28.0. The van der Waals surface area contributed by atoms with Crippen molar-refractivity contribution in [3.63, 3.8) is 0 Å². The van der Waals surface area contributed by atoms with Crippen LogP contribution < -0.4 is 15.4 Å². The second-order valence-corrected chi connectivity index (χ2v) is 22.1. The van der Waals surface area contributed by atoms with Crippen molar-refractivity contribution in [2.24, 2.45) is 32.7 Å². The molecule has 8 bridgehead atoms. The molecule has 20 heteroatoms. The number of phenolic OH excluding ortho intramolecular Hbond substituents is 2. The van der Waals surface area contributed by atoms with Crippen molar-refractivity contribution in [2.45, 2.75) is 116 Å². The summed E-state index contributed by atoms with van der Waals surface area (Å²) in [5, 5.41) is 76.0. The third-order valence-corrected chi connectivity index (χ3v) is 17.7. The number of carbonyl (C=O) groups is 5. The summed E-state index contributed by atoms with van der Waals surface area (Å²) in [5.41, 5.74) is 5.92. The number of aliphatic imine (C=N–C) groups is 3. The van der Waals surface area contributed by atoms with Gasteiger partial charge in [-0.05, 0) is 87.1 Å². The number of rotatable bonds is 12. The summed E-state index contributed by atoms with van der Waals surface area (Å²) in [7, 11) is 2.55. The molecule has 6 heterocycles. The zero-order valence-corrected chi connectivity index (χ0v) is 46.5. The number of aliphatic hydroxyl groups excluding tert-OH is 3. The molecule has 0 radical (unpaired) electrons. The summed E-state index contributed by atoms with van der Waals surface area (Å²) in [4.78, 5) is 85.1. The van der Waals surface area contributed by atoms with Crippen LogP contribution in [0.3, 0.4) is 0 Å². The number of ether oxygens (including phenoxy) is 4. The second-order valence-electron chi connectivity index (χ2n) is 22.1. The van der Waals surface area contributed by atoms with Crippen molar-refractivity contribution in [1.82, 2.24) is 10.6 Å². The number of carbonyl (C=O) groups excluding carboxylic acids is 5. The smallest absolute Gasteiger partial charge is 0.321 e. The molecule has 8 N–H and O–H groups in total. The molecule has 2 aromatic carbocycles. The fourth-order valence-electron chi connectivity index (χ4n) is 13.2. The first kappa shape index (κ1) is 55.8. The molecular formula is C62H63N5O15. The van der Waals surface area contributed by atoms with Crippen LogP contribution in [0.4, 0.5) is 0 Å². The number of Topliss-reactive ketones (excluding diaryl/α,β-unsaturated/α-hetero) is 1. The first-order chi connectivity index (χ1) is 39.1. The Morgan fingerprint density at radius 3 is 2.35 bits per heavy atom. The summed E-state index contributed by atoms with van der Waals surface area (Å²) in [6.07, 6.45) is 1.60. The zero-order chi connectivity index (χ0) is 58.7. The number of benzene rings is 2. The molecule has 2 fully saturated rings. The predicted octanol–water partition coefficient (Wildman–Crippen LogP) is 6.20. The Hall–Kier alpha value is -8.14. The van der Waals surface area contributed by atoms with Gasteiger partial charge in [0.1, 0.15) is 47.2 Å². The Labute approximate surface area is 471 Å². The third-order valence-electron chi connectivity index (χ3n) is 17.7. The van der Waals surface area contributed by atoms with E-state index in [1.54, 1.807) is 13.0 Å². The predicted molar refractivity (Wildman–Crippen MR) is 298 cm³/mol. The monoisotopic (exact) mass is 1120 g/mol. The van der Waals surface area contributed by atoms with Crippen LogP contribution in [0.1, 0.15) is 123 Å². The number of methoxy groups -OCH3 is 2. The number of allylic oxidation sites excluding steroid dienone is 11. The number of aromatic hydroxyl groups is 2. The molecule has 1 amide bonds. The highest BCUT2D eigenvalue weighted by molar-refractivity contribution is 6.31. The van der Waals surface area contributed by atoms with E-state index >= 15 is 0 Å². The van der Waals surface area contributed by atoms with E-state index in [-0.39, 0.29) is 58.9 Å². The van der Waals surface area contributed by atoms with E-state index in [4.69, 9.17) is 33.9 Å². The van der Waals surface area contributed by atoms with Gasteiger partial charge < -0.3 is 60.2 Å². The van der Waals surface area contributed by atoms with Crippen molar-refractivity contribution in [1.29, 1.82) is 0 Å². The van der Waals surface area contributed by atoms with Gasteiger partial charge >= 0.3 is 5.97 Å². The van der Waals surface area contributed by atoms with Gasteiger partial charge in [0.25, 0.3) is 0 Å². The number of hydrogen-bond acceptors (Lipinski definition) is 19. The number of nitrogens with one attached hydrogen (secondary N) is 2. The Morgan fingerprint density at radius 2 is 1.66 bits per heavy atom. The number of nitrogens with zero attached hydrogens (tertiary/aromatic N) is 3. The minimum atomic E-state index is -2.41. The highest BCUT2D eigenvalue weighted by atomic mass is 16.7. The summed E-state index contributed by atoms with van der Waals surface area (Å²) < 4.78 is 23.3. The van der Waals surface area contributed by atoms with E-state index in [1.165, 1.54) is 32.4 Å². The molecule has 2 unspecified atom stereocenters. The molecular weight excluding hydrogens is 1050 g/mol. The largest absolute Gasteiger partial charge is 0.510 e. The molecule has 9 atom stereocenters. The summed E-state index contributed by atoms with van der Waals surface area (Å²) in [6.45, 7) is 14.4. The Morgan fingerprint density at radius 1 is 0.939 bits per heavy atom. The van der Waals surface area contributed by atoms with Crippen LogP contribution in [-0.4, -0.2) is 128 Å². The molecule has 0 aromatic heterocycles. The number of aliphatic hydroxyl groups is 4. The molecule has 3 aliphatic carbocycles. The minimum Gasteiger partial charge on any atom is -0.510 e. The average molecular weight is 1120 g/mol. The van der Waals surface area contributed by atoms with Crippen molar-refractivity contribution >= 4 is 46.4 Å². The number of ketones is 3. The minimum absolute atomic E-state index is 0.0400. The number of amides is 1. The van der Waals surface area contributed by atoms with Crippen LogP contribution >= 0.6 is 0 Å². The molecule has 426 valence electrons. The molecule has 82 heavy (non-hydrogen) atoms. The number of fused-ring (bicyclic) bond motifs is 8. The lowest BCUT2D eigenvalue weighted by Crippen LogP contribution is -2.55. The van der Waals surface area contributed by atoms with Gasteiger partial charge in [-0.25, -0.2) is 15.0 Å². The summed E-state index contributed by atoms with van der Waals surface area (Å²) in [5.74, 6) is -7.73. The van der Waals surface area contributed by atoms with Crippen molar-refractivity contribution in [3.05, 3.63) is 156 Å². The third kappa shape index (κ3) is 8.60. The zero-order valence-electron chi connectivity index (χ0n) is 46.5. The molecule has 9 aliphatic rings. The highest BCUT2D eigenvalue weighted by Gasteiger charge is 2.52. The Bertz CT molecular complexity index is 3690. The molecule has 20 nitrogen and oxygen atoms in total. The highest BCUT2D eigenvalue weighted by Crippen LogP contribution is 2.54. The van der Waals surface area contributed by atoms with Gasteiger partial charge in [0, 0.05) is 82.3 Å². The van der Waals surface area contributed by atoms with E-state index in [1.807, 2.05) is 45.9 Å². The molecule has 2 saturated heterocycles. The lowest BCUT2D eigenvalue weighted by molar-refractivity contribution is -0.249. The maximum atomic E-state index is 14.4. The Balaban J connectivity index is 0.910. The lowest BCUT2D eigenvalue weighted by Gasteiger charge is -2.43. The molecule has 6 aliphatic heterocycles. The standard InChI is InChI=1S/C62H63N5O15/c1-10-29-24(3)34-17-36-26(5)31(53(66-36)49-52(61(77)80-9)58(74)46-27(6)37(67-54(46)49)19-39-30(11-2)25(4)35(64-39)18-38(29)63-34)15-16-44(70)65-40-20-45(81-28(7)55(40)71)82-42-22-62(78,43(69)23-68)21-33-48(42)60(76)51-50(57(33)73)56(72)32-13-12-14-41(79-8)47(32)59(51)75/h10,12-14,17-19,26,28,31,40,42,45,52,55,66,68,71,73-74,76,78H,1,11,15-16,20-23H2,2-9H3,(H,65,70)/t26-,28+,31-,40?,42-,45+,52?,55-,62-/m0/s1. The first-order valence-corrected chi connectivity index (χ1v) is 27.3. The molecule has 0 spiro atoms. The van der Waals surface area contributed by atoms with Crippen LogP contribution in [0.2, 0.25) is 0 Å². The van der Waals surface area contributed by atoms with Gasteiger partial charge in [-0.3, -0.25) is 24.0 Å². The van der Waals surface area contributed by atoms with Crippen LogP contribution in [0, 0.1) is 17.8 Å².